The molecule has 102 valence electrons. The molecule has 1 atom stereocenters. The van der Waals surface area contributed by atoms with Crippen molar-refractivity contribution in [3.8, 4) is 0 Å². The van der Waals surface area contributed by atoms with Crippen LogP contribution in [-0.4, -0.2) is 25.0 Å². The molecule has 1 aromatic carbocycles. The highest BCUT2D eigenvalue weighted by Gasteiger charge is 2.27. The monoisotopic (exact) mass is 258 g/mol. The molecule has 2 N–H and O–H groups in total. The van der Waals surface area contributed by atoms with E-state index in [2.05, 4.69) is 34.9 Å². The lowest BCUT2D eigenvalue weighted by molar-refractivity contribution is -0.123. The summed E-state index contributed by atoms with van der Waals surface area (Å²) in [5, 5.41) is 6.58. The quantitative estimate of drug-likeness (QED) is 0.851. The highest BCUT2D eigenvalue weighted by Crippen LogP contribution is 2.31. The zero-order chi connectivity index (χ0) is 13.1. The van der Waals surface area contributed by atoms with Crippen LogP contribution in [0.15, 0.2) is 24.3 Å². The molecule has 1 aliphatic heterocycles. The van der Waals surface area contributed by atoms with E-state index in [-0.39, 0.29) is 11.8 Å². The lowest BCUT2D eigenvalue weighted by Gasteiger charge is -2.29. The zero-order valence-corrected chi connectivity index (χ0v) is 11.3. The van der Waals surface area contributed by atoms with E-state index in [9.17, 15) is 4.79 Å². The number of hydrogen-bond donors (Lipinski definition) is 2. The molecule has 1 saturated heterocycles. The van der Waals surface area contributed by atoms with E-state index in [1.165, 1.54) is 11.1 Å². The summed E-state index contributed by atoms with van der Waals surface area (Å²) in [4.78, 5) is 12.5. The molecule has 0 bridgehead atoms. The fourth-order valence-electron chi connectivity index (χ4n) is 3.29. The number of aryl methyl sites for hydroxylation is 1. The van der Waals surface area contributed by atoms with Gasteiger partial charge in [0, 0.05) is 6.04 Å². The first-order valence-electron chi connectivity index (χ1n) is 7.43. The fraction of sp³-hybridized carbons (Fsp3) is 0.562. The minimum absolute atomic E-state index is 0.0693. The lowest BCUT2D eigenvalue weighted by Crippen LogP contribution is -2.44. The van der Waals surface area contributed by atoms with Gasteiger partial charge >= 0.3 is 0 Å². The molecule has 1 aliphatic carbocycles. The Hall–Kier alpha value is -1.35. The van der Waals surface area contributed by atoms with Gasteiger partial charge in [0.1, 0.15) is 0 Å². The van der Waals surface area contributed by atoms with Crippen molar-refractivity contribution < 1.29 is 4.79 Å². The van der Waals surface area contributed by atoms with E-state index < -0.39 is 0 Å². The smallest absolute Gasteiger partial charge is 0.227 e. The van der Waals surface area contributed by atoms with Gasteiger partial charge in [-0.3, -0.25) is 4.79 Å². The Labute approximate surface area is 114 Å². The van der Waals surface area contributed by atoms with Crippen LogP contribution in [0.3, 0.4) is 0 Å². The Balaban J connectivity index is 1.70. The molecule has 3 heteroatoms. The van der Waals surface area contributed by atoms with Gasteiger partial charge in [0.2, 0.25) is 5.91 Å². The largest absolute Gasteiger partial charge is 0.353 e. The van der Waals surface area contributed by atoms with Crippen LogP contribution < -0.4 is 10.6 Å². The molecule has 19 heavy (non-hydrogen) atoms. The number of fused-ring (bicyclic) bond motifs is 1. The molecular weight excluding hydrogens is 236 g/mol. The van der Waals surface area contributed by atoms with Crippen molar-refractivity contribution in [2.45, 2.75) is 44.1 Å². The standard InChI is InChI=1S/C16H22N2O/c19-16(18-13-8-10-17-11-9-13)15-7-3-5-12-4-1-2-6-14(12)15/h1-2,4,6,13,15,17H,3,5,7-11H2,(H,18,19). The minimum atomic E-state index is 0.0693. The average Bonchev–Trinajstić information content (AvgIpc) is 2.47. The number of carbonyl (C=O) groups is 1. The van der Waals surface area contributed by atoms with Gasteiger partial charge in [0.05, 0.1) is 5.92 Å². The Morgan fingerprint density at radius 3 is 2.79 bits per heavy atom. The van der Waals surface area contributed by atoms with Gasteiger partial charge in [-0.05, 0) is 56.3 Å². The fourth-order valence-corrected chi connectivity index (χ4v) is 3.29. The molecule has 0 aromatic heterocycles. The predicted molar refractivity (Wildman–Crippen MR) is 76.2 cm³/mol. The number of rotatable bonds is 2. The number of benzene rings is 1. The molecule has 0 saturated carbocycles. The number of piperidine rings is 1. The molecule has 3 nitrogen and oxygen atoms in total. The maximum absolute atomic E-state index is 12.5. The zero-order valence-electron chi connectivity index (χ0n) is 11.3. The predicted octanol–water partition coefficient (Wildman–Crippen LogP) is 1.97. The van der Waals surface area contributed by atoms with Crippen LogP contribution in [0, 0.1) is 0 Å². The first-order chi connectivity index (χ1) is 9.34. The topological polar surface area (TPSA) is 41.1 Å². The summed E-state index contributed by atoms with van der Waals surface area (Å²) in [5.74, 6) is 0.305. The molecule has 1 amide bonds. The Morgan fingerprint density at radius 1 is 1.16 bits per heavy atom. The van der Waals surface area contributed by atoms with Crippen LogP contribution in [0.5, 0.6) is 0 Å². The van der Waals surface area contributed by atoms with E-state index in [1.807, 2.05) is 0 Å². The van der Waals surface area contributed by atoms with Crippen LogP contribution in [0.2, 0.25) is 0 Å². The maximum atomic E-state index is 12.5. The van der Waals surface area contributed by atoms with Gasteiger partial charge in [-0.15, -0.1) is 0 Å². The summed E-state index contributed by atoms with van der Waals surface area (Å²) in [6.45, 7) is 2.04. The third-order valence-electron chi connectivity index (χ3n) is 4.37. The van der Waals surface area contributed by atoms with Crippen LogP contribution in [0.4, 0.5) is 0 Å². The van der Waals surface area contributed by atoms with Crippen molar-refractivity contribution in [2.24, 2.45) is 0 Å². The second-order valence-corrected chi connectivity index (χ2v) is 5.68. The normalized spacial score (nSPS) is 23.7. The highest BCUT2D eigenvalue weighted by molar-refractivity contribution is 5.84. The number of carbonyl (C=O) groups excluding carboxylic acids is 1. The molecule has 1 aromatic rings. The van der Waals surface area contributed by atoms with Gasteiger partial charge in [-0.2, -0.15) is 0 Å². The molecule has 1 unspecified atom stereocenters. The summed E-state index contributed by atoms with van der Waals surface area (Å²) >= 11 is 0. The van der Waals surface area contributed by atoms with Crippen molar-refractivity contribution in [2.75, 3.05) is 13.1 Å². The van der Waals surface area contributed by atoms with Crippen molar-refractivity contribution in [1.29, 1.82) is 0 Å². The van der Waals surface area contributed by atoms with Crippen molar-refractivity contribution in [3.63, 3.8) is 0 Å². The van der Waals surface area contributed by atoms with Gasteiger partial charge in [-0.25, -0.2) is 0 Å². The Morgan fingerprint density at radius 2 is 1.95 bits per heavy atom. The molecule has 1 heterocycles. The van der Waals surface area contributed by atoms with E-state index in [1.54, 1.807) is 0 Å². The van der Waals surface area contributed by atoms with Crippen LogP contribution in [0.1, 0.15) is 42.7 Å². The van der Waals surface area contributed by atoms with Crippen molar-refractivity contribution in [1.82, 2.24) is 10.6 Å². The number of nitrogens with one attached hydrogen (secondary N) is 2. The SMILES string of the molecule is O=C(NC1CCNCC1)C1CCCc2ccccc21. The Bertz CT molecular complexity index is 452. The minimum Gasteiger partial charge on any atom is -0.353 e. The highest BCUT2D eigenvalue weighted by atomic mass is 16.1. The van der Waals surface area contributed by atoms with Crippen LogP contribution in [-0.2, 0) is 11.2 Å². The average molecular weight is 258 g/mol. The summed E-state index contributed by atoms with van der Waals surface area (Å²) in [5.41, 5.74) is 2.61. The van der Waals surface area contributed by atoms with Crippen molar-refractivity contribution in [3.05, 3.63) is 35.4 Å². The summed E-state index contributed by atoms with van der Waals surface area (Å²) in [7, 11) is 0. The molecular formula is C16H22N2O. The summed E-state index contributed by atoms with van der Waals surface area (Å²) in [6, 6.07) is 8.78. The molecule has 0 radical (unpaired) electrons. The number of hydrogen-bond acceptors (Lipinski definition) is 2. The second kappa shape index (κ2) is 5.74. The van der Waals surface area contributed by atoms with Crippen LogP contribution in [0.25, 0.3) is 0 Å². The van der Waals surface area contributed by atoms with Gasteiger partial charge < -0.3 is 10.6 Å². The third kappa shape index (κ3) is 2.81. The van der Waals surface area contributed by atoms with Crippen LogP contribution >= 0.6 is 0 Å². The van der Waals surface area contributed by atoms with E-state index in [0.717, 1.165) is 45.2 Å². The second-order valence-electron chi connectivity index (χ2n) is 5.68. The molecule has 2 aliphatic rings. The van der Waals surface area contributed by atoms with Gasteiger partial charge in [0.15, 0.2) is 0 Å². The molecule has 1 fully saturated rings. The number of amides is 1. The first-order valence-corrected chi connectivity index (χ1v) is 7.43. The summed E-state index contributed by atoms with van der Waals surface area (Å²) < 4.78 is 0. The van der Waals surface area contributed by atoms with Gasteiger partial charge in [-0.1, -0.05) is 24.3 Å². The maximum Gasteiger partial charge on any atom is 0.227 e. The van der Waals surface area contributed by atoms with Gasteiger partial charge in [0.25, 0.3) is 0 Å². The molecule has 0 spiro atoms. The van der Waals surface area contributed by atoms with E-state index in [0.29, 0.717) is 6.04 Å². The van der Waals surface area contributed by atoms with E-state index in [4.69, 9.17) is 0 Å². The summed E-state index contributed by atoms with van der Waals surface area (Å²) in [6.07, 6.45) is 5.35. The Kier molecular flexibility index (Phi) is 3.83. The third-order valence-corrected chi connectivity index (χ3v) is 4.37. The molecule has 3 rings (SSSR count). The first kappa shape index (κ1) is 12.7. The van der Waals surface area contributed by atoms with E-state index >= 15 is 0 Å². The lowest BCUT2D eigenvalue weighted by atomic mass is 9.82. The van der Waals surface area contributed by atoms with Crippen molar-refractivity contribution >= 4 is 5.91 Å².